The highest BCUT2D eigenvalue weighted by atomic mass is 16.2. The number of hydrogen-bond acceptors (Lipinski definition) is 4. The summed E-state index contributed by atoms with van der Waals surface area (Å²) in [7, 11) is 0. The third-order valence-electron chi connectivity index (χ3n) is 5.01. The molecule has 8 heteroatoms. The summed E-state index contributed by atoms with van der Waals surface area (Å²) in [6.07, 6.45) is 0.919. The molecule has 0 atom stereocenters. The first-order valence-corrected chi connectivity index (χ1v) is 10.3. The zero-order valence-corrected chi connectivity index (χ0v) is 17.6. The van der Waals surface area contributed by atoms with Crippen molar-refractivity contribution >= 4 is 34.5 Å². The van der Waals surface area contributed by atoms with Crippen molar-refractivity contribution < 1.29 is 9.59 Å². The predicted molar refractivity (Wildman–Crippen MR) is 118 cm³/mol. The van der Waals surface area contributed by atoms with Gasteiger partial charge < -0.3 is 10.6 Å². The third-order valence-corrected chi connectivity index (χ3v) is 5.01. The van der Waals surface area contributed by atoms with E-state index in [1.54, 1.807) is 21.3 Å². The number of nitrogens with zero attached hydrogens (tertiary/aromatic N) is 3. The quantitative estimate of drug-likeness (QED) is 0.597. The second-order valence-electron chi connectivity index (χ2n) is 6.92. The van der Waals surface area contributed by atoms with Crippen molar-refractivity contribution in [3.05, 3.63) is 52.4 Å². The number of benzene rings is 1. The molecule has 30 heavy (non-hydrogen) atoms. The molecule has 2 N–H and O–H groups in total. The van der Waals surface area contributed by atoms with E-state index in [1.165, 1.54) is 0 Å². The second-order valence-corrected chi connectivity index (χ2v) is 6.92. The lowest BCUT2D eigenvalue weighted by Gasteiger charge is -2.10. The number of imidazole rings is 1. The number of aromatic nitrogens is 3. The number of aryl methyl sites for hydroxylation is 3. The molecular weight excluding hydrogens is 382 g/mol. The summed E-state index contributed by atoms with van der Waals surface area (Å²) in [6.45, 7) is 6.84. The fourth-order valence-electron chi connectivity index (χ4n) is 3.45. The smallest absolute Gasteiger partial charge is 0.326 e. The lowest BCUT2D eigenvalue weighted by atomic mass is 10.1. The average Bonchev–Trinajstić information content (AvgIpc) is 3.02. The molecule has 2 heterocycles. The molecule has 3 aromatic rings. The molecule has 0 aliphatic carbocycles. The summed E-state index contributed by atoms with van der Waals surface area (Å²) in [5, 5.41) is 5.58. The molecule has 1 aromatic carbocycles. The Balaban J connectivity index is 1.64. The molecule has 0 fully saturated rings. The number of carbonyl (C=O) groups excluding carboxylic acids is 2. The van der Waals surface area contributed by atoms with Crippen LogP contribution < -0.4 is 16.3 Å². The third kappa shape index (κ3) is 4.42. The first-order valence-electron chi connectivity index (χ1n) is 10.3. The second kappa shape index (κ2) is 9.39. The standard InChI is InChI=1S/C22H27N5O3/c1-4-15-9-7-8-10-16(15)23-19(28)13-14-20(29)24-18-12-11-17-21(25-18)27(6-3)22(30)26(17)5-2/h7-12H,4-6,13-14H2,1-3H3,(H,23,28)(H,24,25,29). The molecule has 0 aliphatic heterocycles. The van der Waals surface area contributed by atoms with Gasteiger partial charge in [-0.15, -0.1) is 0 Å². The molecule has 0 aliphatic rings. The minimum Gasteiger partial charge on any atom is -0.326 e. The maximum atomic E-state index is 12.4. The average molecular weight is 409 g/mol. The Bertz CT molecular complexity index is 1130. The van der Waals surface area contributed by atoms with Crippen LogP contribution in [0.2, 0.25) is 0 Å². The van der Waals surface area contributed by atoms with Gasteiger partial charge in [0.05, 0.1) is 5.52 Å². The molecule has 0 radical (unpaired) electrons. The Hall–Kier alpha value is -3.42. The van der Waals surface area contributed by atoms with Gasteiger partial charge in [0.15, 0.2) is 5.65 Å². The van der Waals surface area contributed by atoms with Crippen molar-refractivity contribution in [2.45, 2.75) is 53.1 Å². The van der Waals surface area contributed by atoms with E-state index in [2.05, 4.69) is 15.6 Å². The van der Waals surface area contributed by atoms with E-state index >= 15 is 0 Å². The zero-order chi connectivity index (χ0) is 21.7. The van der Waals surface area contributed by atoms with Crippen LogP contribution >= 0.6 is 0 Å². The number of pyridine rings is 1. The number of carbonyl (C=O) groups is 2. The van der Waals surface area contributed by atoms with Gasteiger partial charge in [-0.1, -0.05) is 25.1 Å². The maximum absolute atomic E-state index is 12.4. The van der Waals surface area contributed by atoms with Gasteiger partial charge in [0.2, 0.25) is 11.8 Å². The van der Waals surface area contributed by atoms with E-state index in [4.69, 9.17) is 0 Å². The topological polar surface area (TPSA) is 98.0 Å². The van der Waals surface area contributed by atoms with Crippen LogP contribution in [0.4, 0.5) is 11.5 Å². The van der Waals surface area contributed by atoms with Gasteiger partial charge in [-0.25, -0.2) is 9.78 Å². The van der Waals surface area contributed by atoms with Gasteiger partial charge in [0.25, 0.3) is 0 Å². The molecule has 2 aromatic heterocycles. The minimum atomic E-state index is -0.305. The molecule has 158 valence electrons. The number of nitrogens with one attached hydrogen (secondary N) is 2. The fourth-order valence-corrected chi connectivity index (χ4v) is 3.45. The molecule has 0 spiro atoms. The Morgan fingerprint density at radius 3 is 2.23 bits per heavy atom. The molecular formula is C22H27N5O3. The Morgan fingerprint density at radius 1 is 0.900 bits per heavy atom. The van der Waals surface area contributed by atoms with Crippen molar-refractivity contribution in [2.24, 2.45) is 0 Å². The van der Waals surface area contributed by atoms with Crippen molar-refractivity contribution in [1.29, 1.82) is 0 Å². The van der Waals surface area contributed by atoms with Crippen LogP contribution in [-0.4, -0.2) is 25.9 Å². The molecule has 0 bridgehead atoms. The van der Waals surface area contributed by atoms with Crippen molar-refractivity contribution in [3.63, 3.8) is 0 Å². The van der Waals surface area contributed by atoms with Gasteiger partial charge in [-0.05, 0) is 44.0 Å². The van der Waals surface area contributed by atoms with Crippen LogP contribution in [0.3, 0.4) is 0 Å². The first kappa shape index (κ1) is 21.3. The summed E-state index contributed by atoms with van der Waals surface area (Å²) in [6, 6.07) is 11.1. The Morgan fingerprint density at radius 2 is 1.57 bits per heavy atom. The van der Waals surface area contributed by atoms with Crippen LogP contribution in [0.15, 0.2) is 41.2 Å². The summed E-state index contributed by atoms with van der Waals surface area (Å²) in [5.74, 6) is -0.157. The highest BCUT2D eigenvalue weighted by Crippen LogP contribution is 2.17. The van der Waals surface area contributed by atoms with Gasteiger partial charge in [0.1, 0.15) is 5.82 Å². The van der Waals surface area contributed by atoms with E-state index < -0.39 is 0 Å². The summed E-state index contributed by atoms with van der Waals surface area (Å²) >= 11 is 0. The van der Waals surface area contributed by atoms with Crippen molar-refractivity contribution in [1.82, 2.24) is 14.1 Å². The fraction of sp³-hybridized carbons (Fsp3) is 0.364. The summed E-state index contributed by atoms with van der Waals surface area (Å²) in [4.78, 5) is 41.4. The monoisotopic (exact) mass is 409 g/mol. The Labute approximate surface area is 174 Å². The van der Waals surface area contributed by atoms with Crippen LogP contribution in [0, 0.1) is 0 Å². The van der Waals surface area contributed by atoms with Gasteiger partial charge in [-0.2, -0.15) is 0 Å². The number of para-hydroxylation sites is 1. The number of hydrogen-bond donors (Lipinski definition) is 2. The van der Waals surface area contributed by atoms with Crippen molar-refractivity contribution in [3.8, 4) is 0 Å². The number of fused-ring (bicyclic) bond motifs is 1. The largest absolute Gasteiger partial charge is 0.330 e. The normalized spacial score (nSPS) is 10.9. The highest BCUT2D eigenvalue weighted by Gasteiger charge is 2.14. The van der Waals surface area contributed by atoms with Gasteiger partial charge in [0, 0.05) is 31.6 Å². The maximum Gasteiger partial charge on any atom is 0.330 e. The zero-order valence-electron chi connectivity index (χ0n) is 17.6. The number of rotatable bonds is 8. The Kier molecular flexibility index (Phi) is 6.66. The molecule has 8 nitrogen and oxygen atoms in total. The van der Waals surface area contributed by atoms with Gasteiger partial charge >= 0.3 is 5.69 Å². The van der Waals surface area contributed by atoms with E-state index in [1.807, 2.05) is 45.0 Å². The van der Waals surface area contributed by atoms with Gasteiger partial charge in [-0.3, -0.25) is 18.7 Å². The number of amides is 2. The minimum absolute atomic E-state index is 0.0381. The molecule has 0 saturated heterocycles. The van der Waals surface area contributed by atoms with E-state index in [9.17, 15) is 14.4 Å². The molecule has 2 amide bonds. The number of anilines is 2. The highest BCUT2D eigenvalue weighted by molar-refractivity contribution is 5.97. The summed E-state index contributed by atoms with van der Waals surface area (Å²) < 4.78 is 3.23. The van der Waals surface area contributed by atoms with Crippen LogP contribution in [0.1, 0.15) is 39.2 Å². The van der Waals surface area contributed by atoms with Crippen LogP contribution in [0.5, 0.6) is 0 Å². The van der Waals surface area contributed by atoms with E-state index in [0.29, 0.717) is 24.6 Å². The first-order chi connectivity index (χ1) is 14.5. The van der Waals surface area contributed by atoms with Crippen LogP contribution in [0.25, 0.3) is 11.2 Å². The lowest BCUT2D eigenvalue weighted by Crippen LogP contribution is -2.23. The SMILES string of the molecule is CCc1ccccc1NC(=O)CCC(=O)Nc1ccc2c(n1)n(CC)c(=O)n2CC. The van der Waals surface area contributed by atoms with E-state index in [-0.39, 0.29) is 30.3 Å². The molecule has 0 unspecified atom stereocenters. The predicted octanol–water partition coefficient (Wildman–Crippen LogP) is 3.16. The molecule has 3 rings (SSSR count). The van der Waals surface area contributed by atoms with Crippen molar-refractivity contribution in [2.75, 3.05) is 10.6 Å². The summed E-state index contributed by atoms with van der Waals surface area (Å²) in [5.41, 5.74) is 2.98. The lowest BCUT2D eigenvalue weighted by molar-refractivity contribution is -0.121. The van der Waals surface area contributed by atoms with E-state index in [0.717, 1.165) is 23.2 Å². The van der Waals surface area contributed by atoms with Crippen LogP contribution in [-0.2, 0) is 29.1 Å². The molecule has 0 saturated carbocycles.